The number of hydrogen-bond donors (Lipinski definition) is 2. The third kappa shape index (κ3) is 5.50. The number of nitrogens with one attached hydrogen (secondary N) is 1. The Balaban J connectivity index is 2.54. The van der Waals surface area contributed by atoms with E-state index in [0.29, 0.717) is 11.9 Å². The minimum absolute atomic E-state index is 0.387. The first-order valence-corrected chi connectivity index (χ1v) is 8.13. The molecule has 0 aliphatic rings. The molecule has 1 atom stereocenters. The largest absolute Gasteiger partial charge is 0.383 e. The van der Waals surface area contributed by atoms with Crippen LogP contribution in [0.1, 0.15) is 51.9 Å². The molecule has 0 aliphatic carbocycles. The molecular weight excluding hydrogens is 262 g/mol. The molecule has 0 fully saturated rings. The lowest BCUT2D eigenvalue weighted by molar-refractivity contribution is 0.295. The van der Waals surface area contributed by atoms with Gasteiger partial charge in [-0.1, -0.05) is 20.8 Å². The van der Waals surface area contributed by atoms with Gasteiger partial charge in [0.05, 0.1) is 0 Å². The van der Waals surface area contributed by atoms with Gasteiger partial charge < -0.3 is 16.0 Å². The highest BCUT2D eigenvalue weighted by atomic mass is 15.1. The zero-order valence-electron chi connectivity index (χ0n) is 14.2. The number of anilines is 2. The lowest BCUT2D eigenvalue weighted by atomic mass is 10.1. The Morgan fingerprint density at radius 1 is 1.19 bits per heavy atom. The normalized spacial score (nSPS) is 12.7. The minimum Gasteiger partial charge on any atom is -0.383 e. The average molecular weight is 293 g/mol. The van der Waals surface area contributed by atoms with Crippen LogP contribution in [0, 0.1) is 6.92 Å². The van der Waals surface area contributed by atoms with Crippen LogP contribution >= 0.6 is 0 Å². The predicted molar refractivity (Wildman–Crippen MR) is 90.7 cm³/mol. The molecule has 0 saturated carbocycles. The first-order chi connectivity index (χ1) is 10.0. The van der Waals surface area contributed by atoms with Gasteiger partial charge in [-0.3, -0.25) is 0 Å². The summed E-state index contributed by atoms with van der Waals surface area (Å²) >= 11 is 0. The first-order valence-electron chi connectivity index (χ1n) is 8.13. The quantitative estimate of drug-likeness (QED) is 0.733. The van der Waals surface area contributed by atoms with E-state index in [1.807, 2.05) is 13.8 Å². The van der Waals surface area contributed by atoms with Gasteiger partial charge in [0.2, 0.25) is 0 Å². The Kier molecular flexibility index (Phi) is 7.43. The maximum absolute atomic E-state index is 5.95. The minimum atomic E-state index is 0.387. The highest BCUT2D eigenvalue weighted by Gasteiger charge is 2.11. The van der Waals surface area contributed by atoms with Gasteiger partial charge in [-0.25, -0.2) is 9.97 Å². The van der Waals surface area contributed by atoms with Crippen molar-refractivity contribution < 1.29 is 0 Å². The molecule has 1 aromatic heterocycles. The van der Waals surface area contributed by atoms with Gasteiger partial charge in [-0.2, -0.15) is 0 Å². The summed E-state index contributed by atoms with van der Waals surface area (Å²) in [5.41, 5.74) is 6.90. The van der Waals surface area contributed by atoms with Crippen molar-refractivity contribution in [3.8, 4) is 0 Å². The summed E-state index contributed by atoms with van der Waals surface area (Å²) in [6.07, 6.45) is 3.12. The third-order valence-corrected chi connectivity index (χ3v) is 3.94. The molecule has 0 aliphatic heterocycles. The Labute approximate surface area is 129 Å². The van der Waals surface area contributed by atoms with Crippen LogP contribution in [0.15, 0.2) is 0 Å². The lowest BCUT2D eigenvalue weighted by Gasteiger charge is -2.21. The highest BCUT2D eigenvalue weighted by Crippen LogP contribution is 2.19. The van der Waals surface area contributed by atoms with Crippen LogP contribution in [-0.2, 0) is 6.42 Å². The number of aryl methyl sites for hydroxylation is 1. The van der Waals surface area contributed by atoms with Gasteiger partial charge in [0.15, 0.2) is 0 Å². The van der Waals surface area contributed by atoms with Crippen molar-refractivity contribution in [2.45, 2.75) is 59.9 Å². The van der Waals surface area contributed by atoms with E-state index >= 15 is 0 Å². The Bertz CT molecular complexity index is 429. The molecule has 0 radical (unpaired) electrons. The van der Waals surface area contributed by atoms with Crippen LogP contribution in [0.3, 0.4) is 0 Å². The molecule has 120 valence electrons. The fourth-order valence-electron chi connectivity index (χ4n) is 2.35. The van der Waals surface area contributed by atoms with Gasteiger partial charge in [-0.05, 0) is 46.3 Å². The molecule has 0 aromatic carbocycles. The molecule has 0 saturated heterocycles. The van der Waals surface area contributed by atoms with Gasteiger partial charge in [0.1, 0.15) is 17.5 Å². The SMILES string of the molecule is CCc1nc(N)c(C)c(NC(C)CCCN(CC)CC)n1. The number of nitrogens with two attached hydrogens (primary N) is 1. The second kappa shape index (κ2) is 8.82. The molecule has 21 heavy (non-hydrogen) atoms. The number of rotatable bonds is 9. The Morgan fingerprint density at radius 2 is 1.86 bits per heavy atom. The van der Waals surface area contributed by atoms with E-state index in [1.54, 1.807) is 0 Å². The standard InChI is InChI=1S/C16H31N5/c1-6-14-19-15(17)13(5)16(20-14)18-12(4)10-9-11-21(7-2)8-3/h12H,6-11H2,1-5H3,(H3,17,18,19,20). The van der Waals surface area contributed by atoms with Crippen molar-refractivity contribution in [1.82, 2.24) is 14.9 Å². The average Bonchev–Trinajstić information content (AvgIpc) is 2.48. The van der Waals surface area contributed by atoms with Gasteiger partial charge in [0.25, 0.3) is 0 Å². The van der Waals surface area contributed by atoms with E-state index in [4.69, 9.17) is 5.73 Å². The number of hydrogen-bond acceptors (Lipinski definition) is 5. The number of nitrogen functional groups attached to an aromatic ring is 1. The first kappa shape index (κ1) is 17.7. The number of nitrogens with zero attached hydrogens (tertiary/aromatic N) is 3. The second-order valence-corrected chi connectivity index (χ2v) is 5.57. The zero-order chi connectivity index (χ0) is 15.8. The van der Waals surface area contributed by atoms with E-state index in [-0.39, 0.29) is 0 Å². The van der Waals surface area contributed by atoms with E-state index < -0.39 is 0 Å². The van der Waals surface area contributed by atoms with Crippen molar-refractivity contribution in [2.24, 2.45) is 0 Å². The highest BCUT2D eigenvalue weighted by molar-refractivity contribution is 5.55. The van der Waals surface area contributed by atoms with Crippen molar-refractivity contribution in [2.75, 3.05) is 30.7 Å². The van der Waals surface area contributed by atoms with E-state index in [9.17, 15) is 0 Å². The van der Waals surface area contributed by atoms with Crippen molar-refractivity contribution in [3.05, 3.63) is 11.4 Å². The molecule has 5 nitrogen and oxygen atoms in total. The van der Waals surface area contributed by atoms with E-state index in [1.165, 1.54) is 6.42 Å². The van der Waals surface area contributed by atoms with Crippen LogP contribution in [0.5, 0.6) is 0 Å². The molecule has 0 spiro atoms. The Morgan fingerprint density at radius 3 is 2.43 bits per heavy atom. The summed E-state index contributed by atoms with van der Waals surface area (Å²) < 4.78 is 0. The van der Waals surface area contributed by atoms with Crippen LogP contribution in [-0.4, -0.2) is 40.5 Å². The Hall–Kier alpha value is -1.36. The van der Waals surface area contributed by atoms with E-state index in [2.05, 4.69) is 41.0 Å². The molecule has 1 heterocycles. The van der Waals surface area contributed by atoms with Crippen LogP contribution in [0.25, 0.3) is 0 Å². The molecular formula is C16H31N5. The summed E-state index contributed by atoms with van der Waals surface area (Å²) in [6.45, 7) is 14.0. The molecule has 0 amide bonds. The summed E-state index contributed by atoms with van der Waals surface area (Å²) in [5, 5.41) is 3.49. The fourth-order valence-corrected chi connectivity index (χ4v) is 2.35. The fraction of sp³-hybridized carbons (Fsp3) is 0.750. The predicted octanol–water partition coefficient (Wildman–Crippen LogP) is 2.85. The monoisotopic (exact) mass is 293 g/mol. The lowest BCUT2D eigenvalue weighted by Crippen LogP contribution is -2.26. The van der Waals surface area contributed by atoms with E-state index in [0.717, 1.165) is 49.7 Å². The second-order valence-electron chi connectivity index (χ2n) is 5.57. The van der Waals surface area contributed by atoms with Crippen molar-refractivity contribution >= 4 is 11.6 Å². The third-order valence-electron chi connectivity index (χ3n) is 3.94. The molecule has 1 rings (SSSR count). The number of aromatic nitrogens is 2. The molecule has 3 N–H and O–H groups in total. The maximum atomic E-state index is 5.95. The summed E-state index contributed by atoms with van der Waals surface area (Å²) in [6, 6.07) is 0.387. The molecule has 1 unspecified atom stereocenters. The van der Waals surface area contributed by atoms with Gasteiger partial charge >= 0.3 is 0 Å². The summed E-state index contributed by atoms with van der Waals surface area (Å²) in [4.78, 5) is 11.3. The van der Waals surface area contributed by atoms with Crippen molar-refractivity contribution in [3.63, 3.8) is 0 Å². The van der Waals surface area contributed by atoms with Gasteiger partial charge in [0, 0.05) is 18.0 Å². The molecule has 1 aromatic rings. The summed E-state index contributed by atoms with van der Waals surface area (Å²) in [5.74, 6) is 2.27. The van der Waals surface area contributed by atoms with Crippen LogP contribution < -0.4 is 11.1 Å². The maximum Gasteiger partial charge on any atom is 0.134 e. The van der Waals surface area contributed by atoms with Crippen molar-refractivity contribution in [1.29, 1.82) is 0 Å². The zero-order valence-corrected chi connectivity index (χ0v) is 14.2. The molecule has 0 bridgehead atoms. The van der Waals surface area contributed by atoms with Crippen LogP contribution in [0.2, 0.25) is 0 Å². The van der Waals surface area contributed by atoms with Gasteiger partial charge in [-0.15, -0.1) is 0 Å². The molecule has 5 heteroatoms. The topological polar surface area (TPSA) is 67.1 Å². The smallest absolute Gasteiger partial charge is 0.134 e. The summed E-state index contributed by atoms with van der Waals surface area (Å²) in [7, 11) is 0. The van der Waals surface area contributed by atoms with Crippen LogP contribution in [0.4, 0.5) is 11.6 Å².